The van der Waals surface area contributed by atoms with Crippen LogP contribution in [0, 0.1) is 5.41 Å². The summed E-state index contributed by atoms with van der Waals surface area (Å²) in [5.41, 5.74) is 2.24. The number of nitrogens with zero attached hydrogens (tertiary/aromatic N) is 2. The SMILES string of the molecule is c1ccc(CN2CCCC(N3CC4(CCC4)C3)C2)cc1. The van der Waals surface area contributed by atoms with Crippen LogP contribution in [0.1, 0.15) is 37.7 Å². The molecule has 0 radical (unpaired) electrons. The lowest BCUT2D eigenvalue weighted by Gasteiger charge is -2.59. The molecule has 0 N–H and O–H groups in total. The zero-order valence-corrected chi connectivity index (χ0v) is 12.4. The van der Waals surface area contributed by atoms with Gasteiger partial charge in [-0.25, -0.2) is 0 Å². The van der Waals surface area contributed by atoms with E-state index in [0.29, 0.717) is 0 Å². The number of benzene rings is 1. The molecular formula is C18H26N2. The second-order valence-corrected chi connectivity index (χ2v) is 7.28. The van der Waals surface area contributed by atoms with Crippen LogP contribution in [0.3, 0.4) is 0 Å². The molecule has 1 aromatic rings. The molecular weight excluding hydrogens is 244 g/mol. The minimum Gasteiger partial charge on any atom is -0.298 e. The molecule has 1 saturated carbocycles. The van der Waals surface area contributed by atoms with E-state index in [1.54, 1.807) is 0 Å². The van der Waals surface area contributed by atoms with Gasteiger partial charge in [0, 0.05) is 32.2 Å². The van der Waals surface area contributed by atoms with Crippen molar-refractivity contribution in [2.75, 3.05) is 26.2 Å². The molecule has 0 bridgehead atoms. The highest BCUT2D eigenvalue weighted by atomic mass is 15.3. The van der Waals surface area contributed by atoms with Gasteiger partial charge in [0.05, 0.1) is 0 Å². The van der Waals surface area contributed by atoms with Crippen LogP contribution >= 0.6 is 0 Å². The third kappa shape index (κ3) is 2.40. The highest BCUT2D eigenvalue weighted by Gasteiger charge is 2.49. The number of likely N-dealkylation sites (tertiary alicyclic amines) is 2. The van der Waals surface area contributed by atoms with Gasteiger partial charge in [-0.3, -0.25) is 9.80 Å². The fourth-order valence-corrected chi connectivity index (χ4v) is 4.38. The standard InChI is InChI=1S/C18H26N2/c1-2-6-16(7-3-1)12-19-11-4-8-17(13-19)20-14-18(15-20)9-5-10-18/h1-3,6-7,17H,4-5,8-15H2. The van der Waals surface area contributed by atoms with Gasteiger partial charge >= 0.3 is 0 Å². The highest BCUT2D eigenvalue weighted by Crippen LogP contribution is 2.49. The number of piperidine rings is 1. The molecule has 2 aliphatic heterocycles. The van der Waals surface area contributed by atoms with Crippen LogP contribution in [-0.4, -0.2) is 42.0 Å². The summed E-state index contributed by atoms with van der Waals surface area (Å²) in [6.07, 6.45) is 7.29. The second kappa shape index (κ2) is 5.16. The Hall–Kier alpha value is -0.860. The molecule has 2 saturated heterocycles. The molecule has 0 amide bonds. The summed E-state index contributed by atoms with van der Waals surface area (Å²) < 4.78 is 0. The van der Waals surface area contributed by atoms with Crippen LogP contribution in [0.4, 0.5) is 0 Å². The van der Waals surface area contributed by atoms with Gasteiger partial charge in [-0.15, -0.1) is 0 Å². The van der Waals surface area contributed by atoms with Crippen LogP contribution in [0.25, 0.3) is 0 Å². The van der Waals surface area contributed by atoms with E-state index in [0.717, 1.165) is 18.0 Å². The molecule has 4 rings (SSSR count). The molecule has 1 unspecified atom stereocenters. The number of hydrogen-bond acceptors (Lipinski definition) is 2. The van der Waals surface area contributed by atoms with Crippen molar-refractivity contribution in [2.24, 2.45) is 5.41 Å². The molecule has 1 aromatic carbocycles. The van der Waals surface area contributed by atoms with Gasteiger partial charge in [-0.1, -0.05) is 36.8 Å². The van der Waals surface area contributed by atoms with Gasteiger partial charge in [-0.05, 0) is 43.2 Å². The molecule has 2 heterocycles. The van der Waals surface area contributed by atoms with E-state index in [2.05, 4.69) is 40.1 Å². The van der Waals surface area contributed by atoms with Crippen molar-refractivity contribution in [2.45, 2.75) is 44.7 Å². The van der Waals surface area contributed by atoms with Gasteiger partial charge in [0.25, 0.3) is 0 Å². The first kappa shape index (κ1) is 12.8. The van der Waals surface area contributed by atoms with Gasteiger partial charge in [0.2, 0.25) is 0 Å². The van der Waals surface area contributed by atoms with E-state index in [1.807, 2.05) is 0 Å². The third-order valence-electron chi connectivity index (χ3n) is 5.74. The lowest BCUT2D eigenvalue weighted by Crippen LogP contribution is -2.64. The number of rotatable bonds is 3. The van der Waals surface area contributed by atoms with E-state index in [1.165, 1.54) is 63.8 Å². The lowest BCUT2D eigenvalue weighted by molar-refractivity contribution is -0.0957. The second-order valence-electron chi connectivity index (χ2n) is 7.28. The van der Waals surface area contributed by atoms with Crippen molar-refractivity contribution in [3.63, 3.8) is 0 Å². The first-order valence-electron chi connectivity index (χ1n) is 8.33. The Labute approximate surface area is 122 Å². The Morgan fingerprint density at radius 1 is 1.05 bits per heavy atom. The van der Waals surface area contributed by atoms with E-state index < -0.39 is 0 Å². The predicted octanol–water partition coefficient (Wildman–Crippen LogP) is 3.14. The first-order valence-corrected chi connectivity index (χ1v) is 8.33. The van der Waals surface area contributed by atoms with Crippen LogP contribution in [0.15, 0.2) is 30.3 Å². The Morgan fingerprint density at radius 2 is 1.85 bits per heavy atom. The fraction of sp³-hybridized carbons (Fsp3) is 0.667. The monoisotopic (exact) mass is 270 g/mol. The molecule has 108 valence electrons. The number of hydrogen-bond donors (Lipinski definition) is 0. The normalized spacial score (nSPS) is 29.9. The Morgan fingerprint density at radius 3 is 2.55 bits per heavy atom. The summed E-state index contributed by atoms with van der Waals surface area (Å²) in [5, 5.41) is 0. The molecule has 2 heteroatoms. The maximum Gasteiger partial charge on any atom is 0.0234 e. The molecule has 2 nitrogen and oxygen atoms in total. The van der Waals surface area contributed by atoms with Crippen molar-refractivity contribution < 1.29 is 0 Å². The van der Waals surface area contributed by atoms with Gasteiger partial charge in [-0.2, -0.15) is 0 Å². The largest absolute Gasteiger partial charge is 0.298 e. The van der Waals surface area contributed by atoms with Crippen molar-refractivity contribution in [3.8, 4) is 0 Å². The Balaban J connectivity index is 1.32. The molecule has 3 aliphatic rings. The van der Waals surface area contributed by atoms with Gasteiger partial charge < -0.3 is 0 Å². The van der Waals surface area contributed by atoms with Crippen molar-refractivity contribution in [3.05, 3.63) is 35.9 Å². The van der Waals surface area contributed by atoms with Crippen LogP contribution in [0.2, 0.25) is 0 Å². The van der Waals surface area contributed by atoms with Crippen molar-refractivity contribution in [1.82, 2.24) is 9.80 Å². The molecule has 3 fully saturated rings. The minimum absolute atomic E-state index is 0.779. The molecule has 0 aromatic heterocycles. The summed E-state index contributed by atoms with van der Waals surface area (Å²) in [5.74, 6) is 0. The van der Waals surface area contributed by atoms with Crippen LogP contribution in [0.5, 0.6) is 0 Å². The van der Waals surface area contributed by atoms with E-state index in [9.17, 15) is 0 Å². The van der Waals surface area contributed by atoms with Gasteiger partial charge in [0.1, 0.15) is 0 Å². The summed E-state index contributed by atoms with van der Waals surface area (Å²) in [6, 6.07) is 11.8. The predicted molar refractivity (Wildman–Crippen MR) is 82.6 cm³/mol. The molecule has 1 spiro atoms. The average Bonchev–Trinajstić information content (AvgIpc) is 2.37. The zero-order chi connectivity index (χ0) is 13.4. The summed E-state index contributed by atoms with van der Waals surface area (Å²) in [6.45, 7) is 6.50. The average molecular weight is 270 g/mol. The van der Waals surface area contributed by atoms with E-state index in [-0.39, 0.29) is 0 Å². The van der Waals surface area contributed by atoms with Crippen LogP contribution < -0.4 is 0 Å². The van der Waals surface area contributed by atoms with Crippen molar-refractivity contribution in [1.29, 1.82) is 0 Å². The van der Waals surface area contributed by atoms with Crippen LogP contribution in [-0.2, 0) is 6.54 Å². The maximum absolute atomic E-state index is 2.77. The molecule has 20 heavy (non-hydrogen) atoms. The molecule has 1 atom stereocenters. The smallest absolute Gasteiger partial charge is 0.0234 e. The lowest BCUT2D eigenvalue weighted by atomic mass is 9.63. The fourth-order valence-electron chi connectivity index (χ4n) is 4.38. The maximum atomic E-state index is 2.77. The van der Waals surface area contributed by atoms with E-state index in [4.69, 9.17) is 0 Å². The summed E-state index contributed by atoms with van der Waals surface area (Å²) in [4.78, 5) is 5.44. The van der Waals surface area contributed by atoms with E-state index >= 15 is 0 Å². The summed E-state index contributed by atoms with van der Waals surface area (Å²) in [7, 11) is 0. The van der Waals surface area contributed by atoms with Crippen molar-refractivity contribution >= 4 is 0 Å². The Bertz CT molecular complexity index is 444. The highest BCUT2D eigenvalue weighted by molar-refractivity contribution is 5.14. The van der Waals surface area contributed by atoms with Gasteiger partial charge in [0.15, 0.2) is 0 Å². The minimum atomic E-state index is 0.779. The first-order chi connectivity index (χ1) is 9.83. The Kier molecular flexibility index (Phi) is 3.31. The molecule has 1 aliphatic carbocycles. The quantitative estimate of drug-likeness (QED) is 0.832. The topological polar surface area (TPSA) is 6.48 Å². The summed E-state index contributed by atoms with van der Waals surface area (Å²) >= 11 is 0. The zero-order valence-electron chi connectivity index (χ0n) is 12.4. The third-order valence-corrected chi connectivity index (χ3v) is 5.74.